The van der Waals surface area contributed by atoms with Crippen molar-refractivity contribution < 1.29 is 28.7 Å². The highest BCUT2D eigenvalue weighted by Gasteiger charge is 2.46. The molecule has 2 aromatic carbocycles. The van der Waals surface area contributed by atoms with Crippen LogP contribution in [-0.4, -0.2) is 143 Å². The Morgan fingerprint density at radius 2 is 1.69 bits per heavy atom. The molecular formula is C45H52ClN11O7. The Kier molecular flexibility index (Phi) is 12.0. The summed E-state index contributed by atoms with van der Waals surface area (Å²) in [4.78, 5) is 96.3. The molecule has 5 amide bonds. The number of imide groups is 2. The molecule has 336 valence electrons. The van der Waals surface area contributed by atoms with Gasteiger partial charge < -0.3 is 29.7 Å². The van der Waals surface area contributed by atoms with Crippen LogP contribution in [0.5, 0.6) is 5.75 Å². The number of piperazine rings is 2. The monoisotopic (exact) mass is 893 g/mol. The molecule has 9 rings (SSSR count). The molecule has 19 heteroatoms. The fraction of sp³-hybridized carbons (Fsp3) is 0.467. The van der Waals surface area contributed by atoms with Crippen LogP contribution in [0.25, 0.3) is 10.9 Å². The average Bonchev–Trinajstić information content (AvgIpc) is 3.53. The van der Waals surface area contributed by atoms with Crippen LogP contribution in [0, 0.1) is 5.92 Å². The largest absolute Gasteiger partial charge is 0.478 e. The number of fused-ring (bicyclic) bond motifs is 2. The average molecular weight is 894 g/mol. The summed E-state index contributed by atoms with van der Waals surface area (Å²) in [6.45, 7) is 11.1. The highest BCUT2D eigenvalue weighted by Crippen LogP contribution is 2.37. The zero-order chi connectivity index (χ0) is 44.8. The molecule has 2 aromatic heterocycles. The Balaban J connectivity index is 0.757. The van der Waals surface area contributed by atoms with E-state index in [4.69, 9.17) is 21.3 Å². The van der Waals surface area contributed by atoms with Crippen LogP contribution in [-0.2, 0) is 14.4 Å². The van der Waals surface area contributed by atoms with Gasteiger partial charge in [0.25, 0.3) is 23.3 Å². The summed E-state index contributed by atoms with van der Waals surface area (Å²) < 4.78 is 7.27. The normalized spacial score (nSPS) is 21.9. The number of hydrogen-bond donors (Lipinski definition) is 3. The number of hydrogen-bond acceptors (Lipinski definition) is 14. The number of piperidine rings is 1. The van der Waals surface area contributed by atoms with Crippen LogP contribution in [0.1, 0.15) is 66.3 Å². The van der Waals surface area contributed by atoms with E-state index in [0.717, 1.165) is 93.2 Å². The van der Waals surface area contributed by atoms with Gasteiger partial charge in [0.1, 0.15) is 11.1 Å². The number of aromatic nitrogens is 3. The van der Waals surface area contributed by atoms with Gasteiger partial charge in [-0.15, -0.1) is 0 Å². The van der Waals surface area contributed by atoms with Gasteiger partial charge in [0.05, 0.1) is 28.5 Å². The number of nitrogens with one attached hydrogen (secondary N) is 3. The lowest BCUT2D eigenvalue weighted by Gasteiger charge is -2.48. The van der Waals surface area contributed by atoms with Gasteiger partial charge in [0.2, 0.25) is 17.8 Å². The first-order chi connectivity index (χ1) is 30.9. The third-order valence-corrected chi connectivity index (χ3v) is 13.4. The highest BCUT2D eigenvalue weighted by molar-refractivity contribution is 6.33. The first-order valence-electron chi connectivity index (χ1n) is 22.0. The molecule has 0 radical (unpaired) electrons. The lowest BCUT2D eigenvalue weighted by atomic mass is 9.78. The minimum absolute atomic E-state index is 0.0858. The van der Waals surface area contributed by atoms with Crippen molar-refractivity contribution >= 4 is 75.2 Å². The van der Waals surface area contributed by atoms with Crippen molar-refractivity contribution in [2.75, 3.05) is 87.7 Å². The van der Waals surface area contributed by atoms with Crippen molar-refractivity contribution in [3.63, 3.8) is 0 Å². The fourth-order valence-corrected chi connectivity index (χ4v) is 9.83. The van der Waals surface area contributed by atoms with Gasteiger partial charge in [-0.1, -0.05) is 17.7 Å². The number of rotatable bonds is 12. The maximum absolute atomic E-state index is 13.7. The van der Waals surface area contributed by atoms with Crippen molar-refractivity contribution in [2.45, 2.75) is 57.7 Å². The Bertz CT molecular complexity index is 2580. The van der Waals surface area contributed by atoms with Crippen molar-refractivity contribution in [2.24, 2.45) is 5.92 Å². The predicted octanol–water partition coefficient (Wildman–Crippen LogP) is 3.02. The molecular weight excluding hydrogens is 842 g/mol. The molecule has 0 spiro atoms. The molecule has 3 saturated heterocycles. The smallest absolute Gasteiger partial charge is 0.293 e. The number of anilines is 4. The molecule has 4 aliphatic heterocycles. The molecule has 1 unspecified atom stereocenters. The van der Waals surface area contributed by atoms with Crippen molar-refractivity contribution in [1.82, 2.24) is 39.9 Å². The van der Waals surface area contributed by atoms with Crippen molar-refractivity contribution in [1.29, 1.82) is 0 Å². The zero-order valence-corrected chi connectivity index (χ0v) is 36.9. The van der Waals surface area contributed by atoms with E-state index < -0.39 is 29.7 Å². The highest BCUT2D eigenvalue weighted by atomic mass is 35.5. The second-order valence-electron chi connectivity index (χ2n) is 17.5. The lowest BCUT2D eigenvalue weighted by molar-refractivity contribution is -0.136. The van der Waals surface area contributed by atoms with Crippen LogP contribution in [0.3, 0.4) is 0 Å². The SMILES string of the molecule is CNC(=O)COc1cc2cc(Nc3nc(N4CCN(CC5CC(N6CCN(c7cccc8c7C(=O)N(C7CCC(=O)NC7=O)C8=O)CC6)C5)CC4)ncc3Cl)ccc2n(C(C)C)c1=O. The summed E-state index contributed by atoms with van der Waals surface area (Å²) in [5.41, 5.74) is 2.51. The first kappa shape index (κ1) is 43.2. The Morgan fingerprint density at radius 1 is 0.938 bits per heavy atom. The van der Waals surface area contributed by atoms with E-state index in [1.807, 2.05) is 38.1 Å². The van der Waals surface area contributed by atoms with E-state index in [0.29, 0.717) is 45.6 Å². The molecule has 6 heterocycles. The van der Waals surface area contributed by atoms with Gasteiger partial charge >= 0.3 is 0 Å². The second-order valence-corrected chi connectivity index (χ2v) is 17.9. The van der Waals surface area contributed by atoms with Crippen LogP contribution >= 0.6 is 11.6 Å². The molecule has 64 heavy (non-hydrogen) atoms. The lowest BCUT2D eigenvalue weighted by Crippen LogP contribution is -2.56. The first-order valence-corrected chi connectivity index (χ1v) is 22.4. The van der Waals surface area contributed by atoms with Gasteiger partial charge in [-0.2, -0.15) is 4.98 Å². The van der Waals surface area contributed by atoms with Crippen molar-refractivity contribution in [3.05, 3.63) is 75.2 Å². The third-order valence-electron chi connectivity index (χ3n) is 13.2. The predicted molar refractivity (Wildman–Crippen MR) is 241 cm³/mol. The minimum atomic E-state index is -0.987. The van der Waals surface area contributed by atoms with E-state index in [2.05, 4.69) is 40.5 Å². The molecule has 4 fully saturated rings. The number of carbonyl (C=O) groups is 5. The molecule has 1 aliphatic carbocycles. The van der Waals surface area contributed by atoms with Crippen LogP contribution in [0.2, 0.25) is 5.02 Å². The quantitative estimate of drug-likeness (QED) is 0.176. The maximum Gasteiger partial charge on any atom is 0.293 e. The van der Waals surface area contributed by atoms with E-state index in [1.165, 1.54) is 7.05 Å². The third kappa shape index (κ3) is 8.36. The summed E-state index contributed by atoms with van der Waals surface area (Å²) in [7, 11) is 1.51. The summed E-state index contributed by atoms with van der Waals surface area (Å²) in [6, 6.07) is 12.0. The Labute approximate surface area is 374 Å². The molecule has 5 aliphatic rings. The topological polar surface area (TPSA) is 195 Å². The molecule has 1 saturated carbocycles. The number of likely N-dealkylation sites (N-methyl/N-ethyl adjacent to an activating group) is 1. The zero-order valence-electron chi connectivity index (χ0n) is 36.1. The Hall–Kier alpha value is -6.11. The second kappa shape index (κ2) is 17.8. The molecule has 4 aromatic rings. The number of halogens is 1. The van der Waals surface area contributed by atoms with Gasteiger partial charge in [0.15, 0.2) is 18.2 Å². The number of amides is 5. The summed E-state index contributed by atoms with van der Waals surface area (Å²) in [6.07, 6.45) is 4.10. The van der Waals surface area contributed by atoms with E-state index in [1.54, 1.807) is 29.0 Å². The Morgan fingerprint density at radius 3 is 2.41 bits per heavy atom. The maximum atomic E-state index is 13.7. The van der Waals surface area contributed by atoms with Gasteiger partial charge in [0, 0.05) is 95.5 Å². The van der Waals surface area contributed by atoms with Crippen LogP contribution in [0.15, 0.2) is 53.5 Å². The van der Waals surface area contributed by atoms with Crippen molar-refractivity contribution in [3.8, 4) is 5.75 Å². The fourth-order valence-electron chi connectivity index (χ4n) is 9.70. The summed E-state index contributed by atoms with van der Waals surface area (Å²) >= 11 is 6.61. The van der Waals surface area contributed by atoms with Gasteiger partial charge in [-0.25, -0.2) is 4.98 Å². The molecule has 0 bridgehead atoms. The number of pyridine rings is 1. The summed E-state index contributed by atoms with van der Waals surface area (Å²) in [5, 5.41) is 9.23. The summed E-state index contributed by atoms with van der Waals surface area (Å²) in [5.74, 6) is -0.524. The molecule has 18 nitrogen and oxygen atoms in total. The number of nitrogens with zero attached hydrogens (tertiary/aromatic N) is 8. The molecule has 3 N–H and O–H groups in total. The molecule has 1 atom stereocenters. The number of benzene rings is 2. The van der Waals surface area contributed by atoms with Crippen LogP contribution < -0.4 is 36.0 Å². The standard InChI is InChI=1S/C45H52ClN11O7/c1-26(2)56-33-8-7-29(21-28(33)22-36(43(56)62)64-25-38(59)47-3)49-40-32(46)23-48-45(51-40)55-13-11-52(12-14-55)24-27-19-30(20-27)53-15-17-54(18-16-53)34-6-4-5-31-39(34)44(63)57(42(31)61)35-9-10-37(58)50-41(35)60/h4-8,21-23,26-27,30,35H,9-20,24-25H2,1-3H3,(H,47,59)(H,48,49,51)(H,50,58,60). The van der Waals surface area contributed by atoms with E-state index in [-0.39, 0.29) is 42.7 Å². The van der Waals surface area contributed by atoms with E-state index >= 15 is 0 Å². The van der Waals surface area contributed by atoms with E-state index in [9.17, 15) is 28.8 Å². The number of carbonyl (C=O) groups excluding carboxylic acids is 5. The van der Waals surface area contributed by atoms with Crippen LogP contribution in [0.4, 0.5) is 23.1 Å². The van der Waals surface area contributed by atoms with Gasteiger partial charge in [-0.3, -0.25) is 48.8 Å². The van der Waals surface area contributed by atoms with Gasteiger partial charge in [-0.05, 0) is 75.4 Å². The minimum Gasteiger partial charge on any atom is -0.478 e. The number of ether oxygens (including phenoxy) is 1.